The van der Waals surface area contributed by atoms with Gasteiger partial charge in [0.1, 0.15) is 0 Å². The first-order chi connectivity index (χ1) is 10.5. The molecule has 1 aromatic rings. The molecule has 2 N–H and O–H groups in total. The Balaban J connectivity index is 1.80. The summed E-state index contributed by atoms with van der Waals surface area (Å²) in [4.78, 5) is 14.0. The van der Waals surface area contributed by atoms with Gasteiger partial charge in [0.25, 0.3) is 0 Å². The highest BCUT2D eigenvalue weighted by atomic mass is 79.9. The highest BCUT2D eigenvalue weighted by Crippen LogP contribution is 2.22. The molecule has 1 aliphatic heterocycles. The Bertz CT molecular complexity index is 525. The molecular formula is C16H22BrFN2O2. The van der Waals surface area contributed by atoms with E-state index >= 15 is 0 Å². The van der Waals surface area contributed by atoms with Gasteiger partial charge in [-0.1, -0.05) is 15.9 Å². The molecule has 0 saturated carbocycles. The molecule has 1 saturated heterocycles. The average molecular weight is 373 g/mol. The Morgan fingerprint density at radius 2 is 2.36 bits per heavy atom. The lowest BCUT2D eigenvalue weighted by Crippen LogP contribution is -2.45. The van der Waals surface area contributed by atoms with Crippen LogP contribution in [-0.4, -0.2) is 36.5 Å². The molecule has 0 radical (unpaired) electrons. The monoisotopic (exact) mass is 372 g/mol. The van der Waals surface area contributed by atoms with Crippen molar-refractivity contribution in [3.8, 4) is 5.75 Å². The number of halogens is 2. The van der Waals surface area contributed by atoms with Crippen LogP contribution in [0.15, 0.2) is 22.7 Å². The molecule has 0 spiro atoms. The second-order valence-electron chi connectivity index (χ2n) is 5.77. The van der Waals surface area contributed by atoms with E-state index in [1.54, 1.807) is 12.1 Å². The number of hydrogen-bond acceptors (Lipinski definition) is 3. The third-order valence-electron chi connectivity index (χ3n) is 4.02. The Morgan fingerprint density at radius 1 is 1.59 bits per heavy atom. The van der Waals surface area contributed by atoms with Crippen molar-refractivity contribution in [3.05, 3.63) is 28.5 Å². The molecule has 0 bridgehead atoms. The predicted octanol–water partition coefficient (Wildman–Crippen LogP) is 2.94. The van der Waals surface area contributed by atoms with Gasteiger partial charge in [0.05, 0.1) is 13.0 Å². The van der Waals surface area contributed by atoms with Gasteiger partial charge < -0.3 is 15.4 Å². The number of amides is 1. The summed E-state index contributed by atoms with van der Waals surface area (Å²) in [6, 6.07) is 4.70. The van der Waals surface area contributed by atoms with Crippen LogP contribution < -0.4 is 10.5 Å². The van der Waals surface area contributed by atoms with Gasteiger partial charge in [-0.15, -0.1) is 0 Å². The van der Waals surface area contributed by atoms with Crippen molar-refractivity contribution >= 4 is 21.8 Å². The van der Waals surface area contributed by atoms with Crippen molar-refractivity contribution in [2.24, 2.45) is 11.7 Å². The Labute approximate surface area is 138 Å². The third kappa shape index (κ3) is 4.68. The minimum atomic E-state index is -0.434. The zero-order valence-corrected chi connectivity index (χ0v) is 14.3. The van der Waals surface area contributed by atoms with Crippen LogP contribution in [0.5, 0.6) is 5.75 Å². The molecular weight excluding hydrogens is 351 g/mol. The van der Waals surface area contributed by atoms with Crippen molar-refractivity contribution in [1.29, 1.82) is 0 Å². The van der Waals surface area contributed by atoms with Crippen LogP contribution in [0.1, 0.15) is 26.2 Å². The normalized spacial score (nSPS) is 19.8. The van der Waals surface area contributed by atoms with Crippen molar-refractivity contribution in [2.45, 2.75) is 32.2 Å². The van der Waals surface area contributed by atoms with Gasteiger partial charge in [-0.3, -0.25) is 4.79 Å². The molecule has 0 aliphatic carbocycles. The number of benzene rings is 1. The Hall–Kier alpha value is -1.14. The summed E-state index contributed by atoms with van der Waals surface area (Å²) in [6.45, 7) is 3.65. The topological polar surface area (TPSA) is 55.6 Å². The fourth-order valence-electron chi connectivity index (χ4n) is 2.66. The number of nitrogens with zero attached hydrogens (tertiary/aromatic N) is 1. The largest absolute Gasteiger partial charge is 0.490 e. The first-order valence-corrected chi connectivity index (χ1v) is 8.38. The van der Waals surface area contributed by atoms with E-state index in [0.717, 1.165) is 19.4 Å². The average Bonchev–Trinajstić information content (AvgIpc) is 2.49. The second kappa shape index (κ2) is 7.92. The van der Waals surface area contributed by atoms with Crippen LogP contribution in [0.2, 0.25) is 0 Å². The smallest absolute Gasteiger partial charge is 0.226 e. The van der Waals surface area contributed by atoms with Gasteiger partial charge in [-0.25, -0.2) is 4.39 Å². The summed E-state index contributed by atoms with van der Waals surface area (Å²) in [5.41, 5.74) is 5.93. The second-order valence-corrected chi connectivity index (χ2v) is 6.69. The van der Waals surface area contributed by atoms with E-state index in [-0.39, 0.29) is 30.7 Å². The van der Waals surface area contributed by atoms with E-state index < -0.39 is 5.82 Å². The summed E-state index contributed by atoms with van der Waals surface area (Å²) in [7, 11) is 0. The van der Waals surface area contributed by atoms with Crippen molar-refractivity contribution in [3.63, 3.8) is 0 Å². The lowest BCUT2D eigenvalue weighted by Gasteiger charge is -2.34. The van der Waals surface area contributed by atoms with Crippen molar-refractivity contribution in [2.75, 3.05) is 19.7 Å². The fourth-order valence-corrected chi connectivity index (χ4v) is 3.00. The van der Waals surface area contributed by atoms with Gasteiger partial charge >= 0.3 is 0 Å². The number of carbonyl (C=O) groups excluding carboxylic acids is 1. The van der Waals surface area contributed by atoms with Crippen LogP contribution in [0.4, 0.5) is 4.39 Å². The summed E-state index contributed by atoms with van der Waals surface area (Å²) >= 11 is 3.19. The maximum absolute atomic E-state index is 13.6. The highest BCUT2D eigenvalue weighted by Gasteiger charge is 2.25. The maximum Gasteiger partial charge on any atom is 0.226 e. The van der Waals surface area contributed by atoms with E-state index in [0.29, 0.717) is 16.9 Å². The third-order valence-corrected chi connectivity index (χ3v) is 4.51. The molecule has 6 heteroatoms. The summed E-state index contributed by atoms with van der Waals surface area (Å²) in [6.07, 6.45) is 2.31. The van der Waals surface area contributed by atoms with Crippen LogP contribution in [0.25, 0.3) is 0 Å². The zero-order valence-electron chi connectivity index (χ0n) is 12.7. The van der Waals surface area contributed by atoms with Crippen molar-refractivity contribution in [1.82, 2.24) is 4.90 Å². The number of ether oxygens (including phenoxy) is 1. The minimum absolute atomic E-state index is 0.0443. The first-order valence-electron chi connectivity index (χ1n) is 7.58. The summed E-state index contributed by atoms with van der Waals surface area (Å²) in [5, 5.41) is 0. The van der Waals surface area contributed by atoms with Gasteiger partial charge in [-0.05, 0) is 43.9 Å². The van der Waals surface area contributed by atoms with E-state index in [1.807, 2.05) is 11.8 Å². The molecule has 1 fully saturated rings. The maximum atomic E-state index is 13.6. The summed E-state index contributed by atoms with van der Waals surface area (Å²) in [5.74, 6) is 0.144. The SMILES string of the molecule is C[C@@H](N)[C@H]1CCCN(C(=O)CCOc2ccc(Br)cc2F)C1. The predicted molar refractivity (Wildman–Crippen MR) is 87.2 cm³/mol. The summed E-state index contributed by atoms with van der Waals surface area (Å²) < 4.78 is 19.6. The number of hydrogen-bond donors (Lipinski definition) is 1. The number of likely N-dealkylation sites (tertiary alicyclic amines) is 1. The van der Waals surface area contributed by atoms with E-state index in [1.165, 1.54) is 6.07 Å². The van der Waals surface area contributed by atoms with E-state index in [9.17, 15) is 9.18 Å². The number of rotatable bonds is 5. The van der Waals surface area contributed by atoms with Crippen LogP contribution in [0, 0.1) is 11.7 Å². The molecule has 0 aromatic heterocycles. The number of piperidine rings is 1. The van der Waals surface area contributed by atoms with Gasteiger partial charge in [0.15, 0.2) is 11.6 Å². The standard InChI is InChI=1S/C16H22BrFN2O2/c1-11(19)12-3-2-7-20(10-12)16(21)6-8-22-15-5-4-13(17)9-14(15)18/h4-5,9,11-12H,2-3,6-8,10,19H2,1H3/t11-,12+/m1/s1. The van der Waals surface area contributed by atoms with Crippen LogP contribution in [0.3, 0.4) is 0 Å². The zero-order chi connectivity index (χ0) is 16.1. The van der Waals surface area contributed by atoms with Crippen molar-refractivity contribution < 1.29 is 13.9 Å². The van der Waals surface area contributed by atoms with Crippen LogP contribution >= 0.6 is 15.9 Å². The fraction of sp³-hybridized carbons (Fsp3) is 0.562. The Kier molecular flexibility index (Phi) is 6.20. The molecule has 1 heterocycles. The van der Waals surface area contributed by atoms with Crippen LogP contribution in [-0.2, 0) is 4.79 Å². The van der Waals surface area contributed by atoms with Gasteiger partial charge in [0, 0.05) is 23.6 Å². The lowest BCUT2D eigenvalue weighted by atomic mass is 9.92. The van der Waals surface area contributed by atoms with E-state index in [4.69, 9.17) is 10.5 Å². The Morgan fingerprint density at radius 3 is 3.05 bits per heavy atom. The van der Waals surface area contributed by atoms with Gasteiger partial charge in [0.2, 0.25) is 5.91 Å². The molecule has 1 aliphatic rings. The van der Waals surface area contributed by atoms with Gasteiger partial charge in [-0.2, -0.15) is 0 Å². The minimum Gasteiger partial charge on any atom is -0.490 e. The highest BCUT2D eigenvalue weighted by molar-refractivity contribution is 9.10. The molecule has 1 aromatic carbocycles. The first kappa shape index (κ1) is 17.2. The molecule has 4 nitrogen and oxygen atoms in total. The molecule has 2 rings (SSSR count). The van der Waals surface area contributed by atoms with E-state index in [2.05, 4.69) is 15.9 Å². The lowest BCUT2D eigenvalue weighted by molar-refractivity contribution is -0.133. The quantitative estimate of drug-likeness (QED) is 0.864. The molecule has 0 unspecified atom stereocenters. The molecule has 122 valence electrons. The number of nitrogens with two attached hydrogens (primary N) is 1. The molecule has 22 heavy (non-hydrogen) atoms. The molecule has 1 amide bonds. The number of carbonyl (C=O) groups is 1. The molecule has 2 atom stereocenters.